The Labute approximate surface area is 147 Å². The van der Waals surface area contributed by atoms with Crippen LogP contribution < -0.4 is 9.97 Å². The summed E-state index contributed by atoms with van der Waals surface area (Å²) in [6, 6.07) is 8.08. The van der Waals surface area contributed by atoms with Gasteiger partial charge in [-0.05, 0) is 6.42 Å². The molecule has 0 saturated carbocycles. The maximum absolute atomic E-state index is 4.42. The van der Waals surface area contributed by atoms with Gasteiger partial charge in [-0.25, -0.2) is 4.58 Å². The second-order valence-corrected chi connectivity index (χ2v) is 5.37. The van der Waals surface area contributed by atoms with Gasteiger partial charge in [-0.3, -0.25) is 4.99 Å². The maximum Gasteiger partial charge on any atom is 2.00 e. The van der Waals surface area contributed by atoms with Gasteiger partial charge in [0, 0.05) is 19.2 Å². The van der Waals surface area contributed by atoms with Crippen LogP contribution in [0, 0.1) is 13.8 Å². The van der Waals surface area contributed by atoms with E-state index in [9.17, 15) is 0 Å². The van der Waals surface area contributed by atoms with E-state index in [2.05, 4.69) is 32.8 Å². The van der Waals surface area contributed by atoms with Crippen LogP contribution in [0.15, 0.2) is 29.3 Å². The van der Waals surface area contributed by atoms with Crippen molar-refractivity contribution in [3.63, 3.8) is 0 Å². The number of hydrogen-bond acceptors (Lipinski definition) is 1. The van der Waals surface area contributed by atoms with Crippen molar-refractivity contribution in [1.29, 1.82) is 0 Å². The van der Waals surface area contributed by atoms with E-state index in [0.29, 0.717) is 0 Å². The Morgan fingerprint density at radius 2 is 1.64 bits per heavy atom. The molecule has 0 N–H and O–H groups in total. The summed E-state index contributed by atoms with van der Waals surface area (Å²) in [4.78, 5) is 13.2. The molecule has 0 saturated heterocycles. The first kappa shape index (κ1) is 18.7. The topological polar surface area (TPSA) is 43.6 Å². The molecule has 0 aliphatic heterocycles. The minimum absolute atomic E-state index is 0. The van der Waals surface area contributed by atoms with Crippen LogP contribution in [0.5, 0.6) is 0 Å². The van der Waals surface area contributed by atoms with Gasteiger partial charge in [-0.2, -0.15) is 11.4 Å². The van der Waals surface area contributed by atoms with Crippen LogP contribution in [0.2, 0.25) is 0 Å². The van der Waals surface area contributed by atoms with Crippen molar-refractivity contribution in [1.82, 2.24) is 9.97 Å². The van der Waals surface area contributed by atoms with Crippen LogP contribution in [0.3, 0.4) is 0 Å². The Morgan fingerprint density at radius 1 is 1.00 bits per heavy atom. The van der Waals surface area contributed by atoms with E-state index in [1.165, 1.54) is 0 Å². The quantitative estimate of drug-likeness (QED) is 0.338. The summed E-state index contributed by atoms with van der Waals surface area (Å²) in [5.74, 6) is 0. The molecule has 0 atom stereocenters. The molecule has 0 bridgehead atoms. The van der Waals surface area contributed by atoms with Crippen molar-refractivity contribution in [2.45, 2.75) is 26.7 Å². The van der Waals surface area contributed by atoms with E-state index in [-0.39, 0.29) is 21.7 Å². The van der Waals surface area contributed by atoms with Crippen LogP contribution in [0.1, 0.15) is 35.6 Å². The normalized spacial score (nSPS) is 11.9. The van der Waals surface area contributed by atoms with Gasteiger partial charge in [0.2, 0.25) is 0 Å². The Hall–Kier alpha value is -1.39. The van der Waals surface area contributed by atoms with Crippen molar-refractivity contribution < 1.29 is 26.3 Å². The molecule has 2 aromatic rings. The first-order valence-corrected chi connectivity index (χ1v) is 7.39. The van der Waals surface area contributed by atoms with E-state index in [1.807, 2.05) is 44.3 Å². The number of rotatable bonds is 7. The number of unbranched alkanes of at least 4 members (excludes halogenated alkanes) is 1. The minimum Gasteiger partial charge on any atom is -0.660 e. The molecule has 114 valence electrons. The van der Waals surface area contributed by atoms with Crippen molar-refractivity contribution in [3.8, 4) is 0 Å². The van der Waals surface area contributed by atoms with Gasteiger partial charge in [-0.1, -0.05) is 43.8 Å². The van der Waals surface area contributed by atoms with Crippen LogP contribution in [0.4, 0.5) is 0 Å². The van der Waals surface area contributed by atoms with Gasteiger partial charge in [0.15, 0.2) is 0 Å². The fourth-order valence-corrected chi connectivity index (χ4v) is 2.12. The standard InChI is InChI=1S/C17H23N4.Ti/c1-14-6-8-16(19-14)12-18-10-4-5-11-21(3)13-17-9-7-15(2)20-17;/h6-9,12-13H,4-5,10-11H2,1-3H3;/q-1;+2. The molecule has 0 amide bonds. The van der Waals surface area contributed by atoms with Crippen LogP contribution in [0.25, 0.3) is 0 Å². The summed E-state index contributed by atoms with van der Waals surface area (Å²) >= 11 is 0. The van der Waals surface area contributed by atoms with Gasteiger partial charge in [0.05, 0.1) is 0 Å². The summed E-state index contributed by atoms with van der Waals surface area (Å²) < 4.78 is 2.19. The number of aryl methyl sites for hydroxylation is 2. The molecule has 5 heteroatoms. The molecule has 0 aliphatic carbocycles. The predicted octanol–water partition coefficient (Wildman–Crippen LogP) is 2.18. The Morgan fingerprint density at radius 3 is 2.23 bits per heavy atom. The third kappa shape index (κ3) is 6.59. The zero-order valence-corrected chi connectivity index (χ0v) is 15.1. The summed E-state index contributed by atoms with van der Waals surface area (Å²) in [6.45, 7) is 5.88. The average molecular weight is 331 g/mol. The predicted molar refractivity (Wildman–Crippen MR) is 86.9 cm³/mol. The third-order valence-corrected chi connectivity index (χ3v) is 3.23. The zero-order chi connectivity index (χ0) is 15.1. The fourth-order valence-electron chi connectivity index (χ4n) is 2.12. The van der Waals surface area contributed by atoms with Crippen LogP contribution in [-0.4, -0.2) is 37.1 Å². The summed E-state index contributed by atoms with van der Waals surface area (Å²) in [5, 5.41) is 0. The molecule has 0 unspecified atom stereocenters. The zero-order valence-electron chi connectivity index (χ0n) is 13.6. The smallest absolute Gasteiger partial charge is 0.660 e. The van der Waals surface area contributed by atoms with Crippen LogP contribution >= 0.6 is 0 Å². The molecule has 0 aromatic carbocycles. The maximum atomic E-state index is 4.42. The molecule has 2 heterocycles. The number of aliphatic imine (C=N–C) groups is 1. The minimum atomic E-state index is 0. The first-order valence-electron chi connectivity index (χ1n) is 7.39. The van der Waals surface area contributed by atoms with E-state index in [4.69, 9.17) is 0 Å². The molecule has 0 radical (unpaired) electrons. The monoisotopic (exact) mass is 331 g/mol. The third-order valence-electron chi connectivity index (χ3n) is 3.23. The van der Waals surface area contributed by atoms with Crippen molar-refractivity contribution in [2.75, 3.05) is 20.1 Å². The first-order chi connectivity index (χ1) is 10.1. The van der Waals surface area contributed by atoms with Crippen LogP contribution in [-0.2, 0) is 21.7 Å². The molecular weight excluding hydrogens is 308 g/mol. The molecule has 0 spiro atoms. The molecule has 2 rings (SSSR count). The molecular formula is C17H23N4Ti+. The molecule has 0 aliphatic rings. The van der Waals surface area contributed by atoms with Gasteiger partial charge in [0.25, 0.3) is 0 Å². The van der Waals surface area contributed by atoms with Gasteiger partial charge in [0.1, 0.15) is 19.8 Å². The Balaban J connectivity index is 0.00000242. The Bertz CT molecular complexity index is 622. The van der Waals surface area contributed by atoms with E-state index >= 15 is 0 Å². The average Bonchev–Trinajstić information content (AvgIpc) is 3.03. The van der Waals surface area contributed by atoms with Crippen molar-refractivity contribution in [2.24, 2.45) is 4.99 Å². The SMILES string of the molecule is Cc1ccc(C=NCCCC[N+](C)=Cc2ccc(C)[n-]2)[n-]1.[Ti+2]. The number of aromatic nitrogens is 2. The Kier molecular flexibility index (Phi) is 8.14. The van der Waals surface area contributed by atoms with Crippen molar-refractivity contribution in [3.05, 3.63) is 47.0 Å². The molecule has 0 fully saturated rings. The fraction of sp³-hybridized carbons (Fsp3) is 0.412. The molecule has 22 heavy (non-hydrogen) atoms. The van der Waals surface area contributed by atoms with Crippen molar-refractivity contribution >= 4 is 12.4 Å². The second kappa shape index (κ2) is 9.59. The van der Waals surface area contributed by atoms with Gasteiger partial charge in [-0.15, -0.1) is 5.69 Å². The number of nitrogens with zero attached hydrogens (tertiary/aromatic N) is 4. The largest absolute Gasteiger partial charge is 2.00 e. The van der Waals surface area contributed by atoms with E-state index < -0.39 is 0 Å². The molecule has 2 aromatic heterocycles. The molecule has 4 nitrogen and oxygen atoms in total. The van der Waals surface area contributed by atoms with Gasteiger partial charge < -0.3 is 9.97 Å². The summed E-state index contributed by atoms with van der Waals surface area (Å²) in [5.41, 5.74) is 4.10. The van der Waals surface area contributed by atoms with E-state index in [0.717, 1.165) is 48.7 Å². The number of hydrogen-bond donors (Lipinski definition) is 0. The second-order valence-electron chi connectivity index (χ2n) is 5.37. The summed E-state index contributed by atoms with van der Waals surface area (Å²) in [6.07, 6.45) is 6.16. The summed E-state index contributed by atoms with van der Waals surface area (Å²) in [7, 11) is 2.09. The van der Waals surface area contributed by atoms with E-state index in [1.54, 1.807) is 0 Å². The van der Waals surface area contributed by atoms with Gasteiger partial charge >= 0.3 is 21.7 Å².